The van der Waals surface area contributed by atoms with Crippen molar-refractivity contribution in [2.45, 2.75) is 32.0 Å². The highest BCUT2D eigenvalue weighted by Gasteiger charge is 2.41. The largest absolute Gasteiger partial charge is 0.393 e. The number of hydrogen-bond donors (Lipinski definition) is 1. The summed E-state index contributed by atoms with van der Waals surface area (Å²) in [6.45, 7) is 3.03. The second-order valence-corrected chi connectivity index (χ2v) is 3.58. The second-order valence-electron chi connectivity index (χ2n) is 3.58. The quantitative estimate of drug-likeness (QED) is 0.770. The maximum absolute atomic E-state index is 12.2. The molecule has 1 rings (SSSR count). The lowest BCUT2D eigenvalue weighted by atomic mass is 9.94. The van der Waals surface area contributed by atoms with Crippen LogP contribution in [0.2, 0.25) is 0 Å². The van der Waals surface area contributed by atoms with Crippen molar-refractivity contribution < 1.29 is 17.9 Å². The fraction of sp³-hybridized carbons (Fsp3) is 1.00. The molecule has 5 heteroatoms. The number of nitrogens with one attached hydrogen (secondary N) is 1. The first-order valence-electron chi connectivity index (χ1n) is 4.92. The van der Waals surface area contributed by atoms with Crippen LogP contribution in [0, 0.1) is 5.92 Å². The van der Waals surface area contributed by atoms with E-state index < -0.39 is 12.1 Å². The van der Waals surface area contributed by atoms with E-state index >= 15 is 0 Å². The molecule has 0 aromatic heterocycles. The average Bonchev–Trinajstić information content (AvgIpc) is 2.14. The third-order valence-corrected chi connectivity index (χ3v) is 2.50. The van der Waals surface area contributed by atoms with Crippen LogP contribution in [0.1, 0.15) is 19.8 Å². The maximum Gasteiger partial charge on any atom is 0.393 e. The predicted octanol–water partition coefficient (Wildman–Crippen LogP) is 1.95. The molecular weight excluding hydrogens is 195 g/mol. The zero-order valence-electron chi connectivity index (χ0n) is 8.23. The molecule has 2 unspecified atom stereocenters. The Hall–Kier alpha value is -0.290. The van der Waals surface area contributed by atoms with Crippen molar-refractivity contribution >= 4 is 0 Å². The summed E-state index contributed by atoms with van der Waals surface area (Å²) in [4.78, 5) is 0. The van der Waals surface area contributed by atoms with Crippen molar-refractivity contribution in [3.8, 4) is 0 Å². The van der Waals surface area contributed by atoms with Gasteiger partial charge in [-0.2, -0.15) is 13.2 Å². The van der Waals surface area contributed by atoms with Crippen LogP contribution in [0.25, 0.3) is 0 Å². The Morgan fingerprint density at radius 1 is 1.36 bits per heavy atom. The molecular formula is C9H16F3NO. The first-order chi connectivity index (χ1) is 6.54. The molecule has 1 fully saturated rings. The van der Waals surface area contributed by atoms with Crippen molar-refractivity contribution in [3.05, 3.63) is 0 Å². The molecule has 1 heterocycles. The number of rotatable bonds is 3. The van der Waals surface area contributed by atoms with Crippen LogP contribution < -0.4 is 5.32 Å². The van der Waals surface area contributed by atoms with Crippen LogP contribution in [0.5, 0.6) is 0 Å². The van der Waals surface area contributed by atoms with E-state index in [0.717, 1.165) is 0 Å². The Kier molecular flexibility index (Phi) is 4.19. The van der Waals surface area contributed by atoms with Crippen LogP contribution in [0.4, 0.5) is 13.2 Å². The fourth-order valence-electron chi connectivity index (χ4n) is 1.60. The molecule has 84 valence electrons. The third-order valence-electron chi connectivity index (χ3n) is 2.50. The molecule has 2 atom stereocenters. The Bertz CT molecular complexity index is 164. The Labute approximate surface area is 81.8 Å². The van der Waals surface area contributed by atoms with Crippen molar-refractivity contribution in [2.75, 3.05) is 19.8 Å². The summed E-state index contributed by atoms with van der Waals surface area (Å²) in [7, 11) is 0. The molecule has 0 amide bonds. The van der Waals surface area contributed by atoms with Gasteiger partial charge in [0.1, 0.15) is 0 Å². The predicted molar refractivity (Wildman–Crippen MR) is 47.1 cm³/mol. The van der Waals surface area contributed by atoms with Gasteiger partial charge in [0, 0.05) is 19.2 Å². The minimum Gasteiger partial charge on any atom is -0.380 e. The summed E-state index contributed by atoms with van der Waals surface area (Å²) in [5.74, 6) is -1.18. The lowest BCUT2D eigenvalue weighted by Crippen LogP contribution is -2.46. The van der Waals surface area contributed by atoms with Gasteiger partial charge in [0.2, 0.25) is 0 Å². The van der Waals surface area contributed by atoms with Gasteiger partial charge in [0.25, 0.3) is 0 Å². The molecule has 0 spiro atoms. The van der Waals surface area contributed by atoms with E-state index in [4.69, 9.17) is 4.74 Å². The molecule has 0 aromatic carbocycles. The SMILES string of the molecule is CCOCC1CCC(C(F)(F)F)CN1. The van der Waals surface area contributed by atoms with Crippen LogP contribution in [0.3, 0.4) is 0 Å². The average molecular weight is 211 g/mol. The highest BCUT2D eigenvalue weighted by molar-refractivity contribution is 4.81. The van der Waals surface area contributed by atoms with Crippen molar-refractivity contribution in [3.63, 3.8) is 0 Å². The van der Waals surface area contributed by atoms with E-state index in [0.29, 0.717) is 19.6 Å². The Morgan fingerprint density at radius 3 is 2.50 bits per heavy atom. The molecule has 0 saturated carbocycles. The summed E-state index contributed by atoms with van der Waals surface area (Å²) in [5.41, 5.74) is 0. The van der Waals surface area contributed by atoms with Gasteiger partial charge in [0.15, 0.2) is 0 Å². The highest BCUT2D eigenvalue weighted by Crippen LogP contribution is 2.31. The normalized spacial score (nSPS) is 29.1. The number of hydrogen-bond acceptors (Lipinski definition) is 2. The van der Waals surface area contributed by atoms with E-state index in [1.165, 1.54) is 0 Å². The third kappa shape index (κ3) is 3.46. The van der Waals surface area contributed by atoms with Gasteiger partial charge in [-0.15, -0.1) is 0 Å². The van der Waals surface area contributed by atoms with E-state index in [9.17, 15) is 13.2 Å². The Balaban J connectivity index is 2.24. The maximum atomic E-state index is 12.2. The summed E-state index contributed by atoms with van der Waals surface area (Å²) >= 11 is 0. The number of piperidine rings is 1. The number of alkyl halides is 3. The lowest BCUT2D eigenvalue weighted by molar-refractivity contribution is -0.180. The summed E-state index contributed by atoms with van der Waals surface area (Å²) < 4.78 is 41.9. The number of ether oxygens (including phenoxy) is 1. The summed E-state index contributed by atoms with van der Waals surface area (Å²) in [6, 6.07) is 0.0912. The van der Waals surface area contributed by atoms with Crippen molar-refractivity contribution in [1.29, 1.82) is 0 Å². The topological polar surface area (TPSA) is 21.3 Å². The first-order valence-corrected chi connectivity index (χ1v) is 4.92. The first kappa shape index (κ1) is 11.8. The Morgan fingerprint density at radius 2 is 2.07 bits per heavy atom. The molecule has 2 nitrogen and oxygen atoms in total. The molecule has 0 aromatic rings. The number of halogens is 3. The molecule has 1 aliphatic heterocycles. The van der Waals surface area contributed by atoms with Gasteiger partial charge < -0.3 is 10.1 Å². The summed E-state index contributed by atoms with van der Waals surface area (Å²) in [6.07, 6.45) is -3.29. The lowest BCUT2D eigenvalue weighted by Gasteiger charge is -2.30. The molecule has 1 saturated heterocycles. The van der Waals surface area contributed by atoms with Crippen LogP contribution in [-0.2, 0) is 4.74 Å². The minimum absolute atomic E-state index is 0.0290. The van der Waals surface area contributed by atoms with Gasteiger partial charge in [-0.25, -0.2) is 0 Å². The van der Waals surface area contributed by atoms with Gasteiger partial charge in [-0.1, -0.05) is 0 Å². The van der Waals surface area contributed by atoms with Gasteiger partial charge in [-0.3, -0.25) is 0 Å². The molecule has 1 aliphatic rings. The highest BCUT2D eigenvalue weighted by atomic mass is 19.4. The summed E-state index contributed by atoms with van der Waals surface area (Å²) in [5, 5.41) is 2.87. The molecule has 0 radical (unpaired) electrons. The van der Waals surface area contributed by atoms with E-state index in [-0.39, 0.29) is 19.0 Å². The van der Waals surface area contributed by atoms with Gasteiger partial charge in [0.05, 0.1) is 12.5 Å². The smallest absolute Gasteiger partial charge is 0.380 e. The van der Waals surface area contributed by atoms with Gasteiger partial charge in [-0.05, 0) is 19.8 Å². The van der Waals surface area contributed by atoms with E-state index in [1.54, 1.807) is 0 Å². The van der Waals surface area contributed by atoms with Gasteiger partial charge >= 0.3 is 6.18 Å². The minimum atomic E-state index is -4.05. The zero-order valence-corrected chi connectivity index (χ0v) is 8.23. The van der Waals surface area contributed by atoms with E-state index in [1.807, 2.05) is 6.92 Å². The molecule has 14 heavy (non-hydrogen) atoms. The fourth-order valence-corrected chi connectivity index (χ4v) is 1.60. The van der Waals surface area contributed by atoms with Crippen LogP contribution in [-0.4, -0.2) is 32.0 Å². The standard InChI is InChI=1S/C9H16F3NO/c1-2-14-6-8-4-3-7(5-13-8)9(10,11)12/h7-8,13H,2-6H2,1H3. The second kappa shape index (κ2) is 4.98. The van der Waals surface area contributed by atoms with Crippen molar-refractivity contribution in [2.24, 2.45) is 5.92 Å². The van der Waals surface area contributed by atoms with Crippen LogP contribution >= 0.6 is 0 Å². The zero-order chi connectivity index (χ0) is 10.6. The molecule has 0 bridgehead atoms. The van der Waals surface area contributed by atoms with Crippen LogP contribution in [0.15, 0.2) is 0 Å². The molecule has 1 N–H and O–H groups in total. The van der Waals surface area contributed by atoms with Crippen molar-refractivity contribution in [1.82, 2.24) is 5.32 Å². The molecule has 0 aliphatic carbocycles. The van der Waals surface area contributed by atoms with E-state index in [2.05, 4.69) is 5.32 Å². The monoisotopic (exact) mass is 211 g/mol.